The van der Waals surface area contributed by atoms with E-state index in [1.54, 1.807) is 0 Å². The molecule has 0 saturated heterocycles. The lowest BCUT2D eigenvalue weighted by molar-refractivity contribution is 1.26. The van der Waals surface area contributed by atoms with E-state index in [1.807, 2.05) is 33.0 Å². The highest BCUT2D eigenvalue weighted by Crippen LogP contribution is 2.10. The van der Waals surface area contributed by atoms with Gasteiger partial charge in [0.1, 0.15) is 0 Å². The van der Waals surface area contributed by atoms with Gasteiger partial charge in [-0.05, 0) is 32.4 Å². The molecule has 14 heavy (non-hydrogen) atoms. The van der Waals surface area contributed by atoms with E-state index in [-0.39, 0.29) is 0 Å². The summed E-state index contributed by atoms with van der Waals surface area (Å²) in [6.45, 7) is 10.2. The topological polar surface area (TPSA) is 15.8 Å². The number of H-pyrrole nitrogens is 1. The molecule has 0 saturated carbocycles. The van der Waals surface area contributed by atoms with Crippen molar-refractivity contribution in [3.8, 4) is 0 Å². The Bertz CT molecular complexity index is 303. The lowest BCUT2D eigenvalue weighted by Crippen LogP contribution is -1.75. The Morgan fingerprint density at radius 3 is 2.43 bits per heavy atom. The summed E-state index contributed by atoms with van der Waals surface area (Å²) in [6, 6.07) is 2.09. The Morgan fingerprint density at radius 1 is 1.36 bits per heavy atom. The van der Waals surface area contributed by atoms with Crippen LogP contribution in [-0.4, -0.2) is 4.98 Å². The number of rotatable bonds is 2. The molecule has 0 fully saturated rings. The fourth-order valence-corrected chi connectivity index (χ4v) is 1.18. The quantitative estimate of drug-likeness (QED) is 0.670. The molecule has 0 aromatic carbocycles. The van der Waals surface area contributed by atoms with Crippen molar-refractivity contribution >= 4 is 6.08 Å². The summed E-state index contributed by atoms with van der Waals surface area (Å²) in [7, 11) is 0. The number of nitrogens with one attached hydrogen (secondary N) is 1. The monoisotopic (exact) mass is 191 g/mol. The normalized spacial score (nSPS) is 11.4. The highest BCUT2D eigenvalue weighted by molar-refractivity contribution is 5.57. The van der Waals surface area contributed by atoms with Crippen LogP contribution >= 0.6 is 0 Å². The van der Waals surface area contributed by atoms with Crippen LogP contribution in [0.25, 0.3) is 6.08 Å². The van der Waals surface area contributed by atoms with Crippen molar-refractivity contribution in [2.75, 3.05) is 0 Å². The molecular formula is C13H21N. The smallest absolute Gasteiger partial charge is 0.0189 e. The maximum absolute atomic E-state index is 3.15. The van der Waals surface area contributed by atoms with Gasteiger partial charge in [-0.2, -0.15) is 0 Å². The fraction of sp³-hybridized carbons (Fsp3) is 0.385. The summed E-state index contributed by atoms with van der Waals surface area (Å²) in [5.74, 6) is 0. The van der Waals surface area contributed by atoms with Gasteiger partial charge in [-0.15, -0.1) is 0 Å². The van der Waals surface area contributed by atoms with Gasteiger partial charge in [-0.3, -0.25) is 0 Å². The van der Waals surface area contributed by atoms with Gasteiger partial charge in [-0.25, -0.2) is 0 Å². The Labute approximate surface area is 87.6 Å². The zero-order valence-electron chi connectivity index (χ0n) is 9.89. The van der Waals surface area contributed by atoms with Crippen LogP contribution in [0.1, 0.15) is 39.0 Å². The summed E-state index contributed by atoms with van der Waals surface area (Å²) in [6.07, 6.45) is 8.29. The molecule has 1 aromatic heterocycles. The van der Waals surface area contributed by atoms with E-state index in [9.17, 15) is 0 Å². The largest absolute Gasteiger partial charge is 0.365 e. The standard InChI is InChI=1S/C11H15N.C2H6/c1-4-5-9(2)8-11-6-7-12-10(11)3;1-2/h4-8,12H,1-3H3;1-2H3/b5-4-,9-8-;. The third-order valence-electron chi connectivity index (χ3n) is 1.81. The highest BCUT2D eigenvalue weighted by Gasteiger charge is 1.93. The summed E-state index contributed by atoms with van der Waals surface area (Å²) in [4.78, 5) is 3.15. The Kier molecular flexibility index (Phi) is 6.55. The van der Waals surface area contributed by atoms with Crippen LogP contribution in [0.4, 0.5) is 0 Å². The Morgan fingerprint density at radius 2 is 2.00 bits per heavy atom. The van der Waals surface area contributed by atoms with E-state index in [2.05, 4.69) is 37.0 Å². The van der Waals surface area contributed by atoms with E-state index in [4.69, 9.17) is 0 Å². The molecule has 1 rings (SSSR count). The second-order valence-corrected chi connectivity index (χ2v) is 2.95. The second-order valence-electron chi connectivity index (χ2n) is 2.95. The van der Waals surface area contributed by atoms with Crippen molar-refractivity contribution in [1.29, 1.82) is 0 Å². The number of hydrogen-bond acceptors (Lipinski definition) is 0. The minimum atomic E-state index is 1.22. The third kappa shape index (κ3) is 4.13. The maximum Gasteiger partial charge on any atom is 0.0189 e. The third-order valence-corrected chi connectivity index (χ3v) is 1.81. The number of aryl methyl sites for hydroxylation is 1. The molecule has 0 aliphatic rings. The summed E-state index contributed by atoms with van der Waals surface area (Å²) < 4.78 is 0. The molecule has 1 nitrogen and oxygen atoms in total. The van der Waals surface area contributed by atoms with E-state index >= 15 is 0 Å². The number of aromatic nitrogens is 1. The summed E-state index contributed by atoms with van der Waals surface area (Å²) in [5, 5.41) is 0. The van der Waals surface area contributed by atoms with E-state index in [0.717, 1.165) is 0 Å². The molecule has 1 heteroatoms. The minimum Gasteiger partial charge on any atom is -0.365 e. The summed E-state index contributed by atoms with van der Waals surface area (Å²) >= 11 is 0. The van der Waals surface area contributed by atoms with Crippen molar-refractivity contribution in [3.05, 3.63) is 41.2 Å². The molecule has 0 amide bonds. The minimum absolute atomic E-state index is 1.22. The van der Waals surface area contributed by atoms with Gasteiger partial charge < -0.3 is 4.98 Å². The lowest BCUT2D eigenvalue weighted by atomic mass is 10.1. The Balaban J connectivity index is 0.000000791. The van der Waals surface area contributed by atoms with Crippen molar-refractivity contribution in [1.82, 2.24) is 4.98 Å². The van der Waals surface area contributed by atoms with Gasteiger partial charge >= 0.3 is 0 Å². The summed E-state index contributed by atoms with van der Waals surface area (Å²) in [5.41, 5.74) is 3.77. The molecule has 78 valence electrons. The first kappa shape index (κ1) is 12.8. The van der Waals surface area contributed by atoms with Gasteiger partial charge in [0, 0.05) is 11.9 Å². The molecule has 0 aliphatic carbocycles. The lowest BCUT2D eigenvalue weighted by Gasteiger charge is -1.92. The first-order valence-corrected chi connectivity index (χ1v) is 5.19. The molecule has 0 atom stereocenters. The van der Waals surface area contributed by atoms with Crippen molar-refractivity contribution in [2.24, 2.45) is 0 Å². The van der Waals surface area contributed by atoms with Gasteiger partial charge in [0.05, 0.1) is 0 Å². The molecular weight excluding hydrogens is 170 g/mol. The SMILES string of the molecule is C/C=C\C(C)=C/c1cc[nH]c1C.CC. The highest BCUT2D eigenvalue weighted by atomic mass is 14.7. The average molecular weight is 191 g/mol. The van der Waals surface area contributed by atoms with Crippen LogP contribution in [0.2, 0.25) is 0 Å². The molecule has 0 unspecified atom stereocenters. The molecule has 0 spiro atoms. The van der Waals surface area contributed by atoms with Crippen LogP contribution in [-0.2, 0) is 0 Å². The van der Waals surface area contributed by atoms with Gasteiger partial charge in [-0.1, -0.05) is 37.6 Å². The maximum atomic E-state index is 3.15. The molecule has 1 N–H and O–H groups in total. The van der Waals surface area contributed by atoms with E-state index < -0.39 is 0 Å². The second kappa shape index (κ2) is 7.19. The molecule has 1 heterocycles. The van der Waals surface area contributed by atoms with Gasteiger partial charge in [0.25, 0.3) is 0 Å². The number of allylic oxidation sites excluding steroid dienone is 3. The molecule has 0 aliphatic heterocycles. The fourth-order valence-electron chi connectivity index (χ4n) is 1.18. The zero-order valence-corrected chi connectivity index (χ0v) is 9.89. The Hall–Kier alpha value is -1.24. The van der Waals surface area contributed by atoms with Crippen LogP contribution in [0, 0.1) is 6.92 Å². The molecule has 0 bridgehead atoms. The predicted molar refractivity (Wildman–Crippen MR) is 65.3 cm³/mol. The predicted octanol–water partition coefficient (Wildman–Crippen LogP) is 4.33. The number of hydrogen-bond donors (Lipinski definition) is 1. The van der Waals surface area contributed by atoms with Crippen molar-refractivity contribution in [3.63, 3.8) is 0 Å². The van der Waals surface area contributed by atoms with Crippen LogP contribution in [0.3, 0.4) is 0 Å². The first-order chi connectivity index (χ1) is 6.74. The van der Waals surface area contributed by atoms with Crippen molar-refractivity contribution in [2.45, 2.75) is 34.6 Å². The average Bonchev–Trinajstić information content (AvgIpc) is 2.56. The van der Waals surface area contributed by atoms with E-state index in [1.165, 1.54) is 16.8 Å². The van der Waals surface area contributed by atoms with Crippen LogP contribution in [0.15, 0.2) is 30.0 Å². The zero-order chi connectivity index (χ0) is 11.0. The van der Waals surface area contributed by atoms with Crippen LogP contribution in [0.5, 0.6) is 0 Å². The number of aromatic amines is 1. The first-order valence-electron chi connectivity index (χ1n) is 5.19. The van der Waals surface area contributed by atoms with E-state index in [0.29, 0.717) is 0 Å². The van der Waals surface area contributed by atoms with Crippen LogP contribution < -0.4 is 0 Å². The molecule has 1 aromatic rings. The van der Waals surface area contributed by atoms with Gasteiger partial charge in [0.2, 0.25) is 0 Å². The van der Waals surface area contributed by atoms with Gasteiger partial charge in [0.15, 0.2) is 0 Å². The van der Waals surface area contributed by atoms with Crippen molar-refractivity contribution < 1.29 is 0 Å². The molecule has 0 radical (unpaired) electrons.